The topological polar surface area (TPSA) is 56.1 Å². The van der Waals surface area contributed by atoms with E-state index in [0.717, 1.165) is 11.3 Å². The zero-order valence-corrected chi connectivity index (χ0v) is 13.0. The molecule has 2 aromatic rings. The van der Waals surface area contributed by atoms with Crippen molar-refractivity contribution in [3.8, 4) is 5.75 Å². The summed E-state index contributed by atoms with van der Waals surface area (Å²) in [7, 11) is 1.74. The molecule has 0 spiro atoms. The lowest BCUT2D eigenvalue weighted by Gasteiger charge is -2.11. The van der Waals surface area contributed by atoms with Crippen molar-refractivity contribution < 1.29 is 9.53 Å². The number of carbonyl (C=O) groups excluding carboxylic acids is 1. The molecule has 0 aliphatic carbocycles. The van der Waals surface area contributed by atoms with Gasteiger partial charge in [-0.2, -0.15) is 5.10 Å². The molecule has 1 N–H and O–H groups in total. The van der Waals surface area contributed by atoms with Crippen LogP contribution < -0.4 is 10.1 Å². The number of ether oxygens (including phenoxy) is 1. The molecule has 2 heterocycles. The number of rotatable bonds is 2. The molecular formula is C14H13Cl2N3O2. The van der Waals surface area contributed by atoms with Crippen molar-refractivity contribution in [2.45, 2.75) is 13.0 Å². The number of fused-ring (bicyclic) bond motifs is 1. The number of hydrogen-bond donors (Lipinski definition) is 1. The van der Waals surface area contributed by atoms with Crippen molar-refractivity contribution in [2.24, 2.45) is 7.05 Å². The second kappa shape index (κ2) is 5.24. The van der Waals surface area contributed by atoms with Crippen LogP contribution in [0.2, 0.25) is 10.0 Å². The van der Waals surface area contributed by atoms with Gasteiger partial charge in [-0.25, -0.2) is 0 Å². The molecular weight excluding hydrogens is 313 g/mol. The summed E-state index contributed by atoms with van der Waals surface area (Å²) in [5.74, 6) is 0.348. The number of nitrogens with one attached hydrogen (secondary N) is 1. The number of benzene rings is 1. The highest BCUT2D eigenvalue weighted by molar-refractivity contribution is 6.34. The molecule has 3 rings (SSSR count). The van der Waals surface area contributed by atoms with E-state index in [1.165, 1.54) is 0 Å². The van der Waals surface area contributed by atoms with Crippen molar-refractivity contribution >= 4 is 29.1 Å². The van der Waals surface area contributed by atoms with E-state index in [1.54, 1.807) is 24.7 Å². The fourth-order valence-corrected chi connectivity index (χ4v) is 2.85. The fraction of sp³-hybridized carbons (Fsp3) is 0.286. The van der Waals surface area contributed by atoms with E-state index in [2.05, 4.69) is 10.4 Å². The number of amides is 1. The van der Waals surface area contributed by atoms with Crippen LogP contribution in [0.15, 0.2) is 18.2 Å². The number of carbonyl (C=O) groups is 1. The first-order chi connectivity index (χ1) is 9.99. The highest BCUT2D eigenvalue weighted by atomic mass is 35.5. The average Bonchev–Trinajstić information content (AvgIpc) is 2.97. The Kier molecular flexibility index (Phi) is 3.55. The maximum atomic E-state index is 12.3. The monoisotopic (exact) mass is 325 g/mol. The van der Waals surface area contributed by atoms with Gasteiger partial charge in [-0.3, -0.25) is 9.48 Å². The number of aromatic nitrogens is 2. The molecule has 1 aliphatic rings. The molecule has 0 fully saturated rings. The van der Waals surface area contributed by atoms with Gasteiger partial charge < -0.3 is 10.1 Å². The summed E-state index contributed by atoms with van der Waals surface area (Å²) in [5.41, 5.74) is 1.73. The molecule has 5 nitrogen and oxygen atoms in total. The standard InChI is InChI=1S/C14H13Cl2N3O2/c1-7-12(16)13(18-19(7)2)14(20)17-9-6-21-10-5-3-4-8(15)11(9)10/h3-5,9H,6H2,1-2H3,(H,17,20). The third-order valence-corrected chi connectivity index (χ3v) is 4.33. The maximum absolute atomic E-state index is 12.3. The second-order valence-electron chi connectivity index (χ2n) is 4.86. The van der Waals surface area contributed by atoms with Crippen LogP contribution in [0.3, 0.4) is 0 Å². The van der Waals surface area contributed by atoms with Crippen molar-refractivity contribution in [3.05, 3.63) is 45.2 Å². The summed E-state index contributed by atoms with van der Waals surface area (Å²) in [4.78, 5) is 12.3. The molecule has 21 heavy (non-hydrogen) atoms. The van der Waals surface area contributed by atoms with Crippen LogP contribution in [0.5, 0.6) is 5.75 Å². The van der Waals surface area contributed by atoms with E-state index in [1.807, 2.05) is 12.1 Å². The first-order valence-corrected chi connectivity index (χ1v) is 7.15. The van der Waals surface area contributed by atoms with Gasteiger partial charge >= 0.3 is 0 Å². The lowest BCUT2D eigenvalue weighted by Crippen LogP contribution is -2.30. The molecule has 0 saturated heterocycles. The van der Waals surface area contributed by atoms with Crippen LogP contribution in [0.1, 0.15) is 27.8 Å². The van der Waals surface area contributed by atoms with Crippen molar-refractivity contribution in [1.29, 1.82) is 0 Å². The molecule has 0 radical (unpaired) electrons. The van der Waals surface area contributed by atoms with E-state index in [9.17, 15) is 4.79 Å². The summed E-state index contributed by atoms with van der Waals surface area (Å²) in [6.45, 7) is 2.14. The van der Waals surface area contributed by atoms with E-state index in [-0.39, 0.29) is 17.6 Å². The van der Waals surface area contributed by atoms with Gasteiger partial charge in [0, 0.05) is 17.6 Å². The number of aryl methyl sites for hydroxylation is 1. The maximum Gasteiger partial charge on any atom is 0.273 e. The molecule has 0 saturated carbocycles. The normalized spacial score (nSPS) is 16.5. The molecule has 1 aliphatic heterocycles. The molecule has 1 unspecified atom stereocenters. The smallest absolute Gasteiger partial charge is 0.273 e. The summed E-state index contributed by atoms with van der Waals surface area (Å²) in [5, 5.41) is 7.92. The fourth-order valence-electron chi connectivity index (χ4n) is 2.31. The Morgan fingerprint density at radius 2 is 2.24 bits per heavy atom. The minimum atomic E-state index is -0.343. The van der Waals surface area contributed by atoms with E-state index >= 15 is 0 Å². The lowest BCUT2D eigenvalue weighted by molar-refractivity contribution is 0.0924. The SMILES string of the molecule is Cc1c(Cl)c(C(=O)NC2COc3cccc(Cl)c32)nn1C. The zero-order valence-electron chi connectivity index (χ0n) is 11.5. The zero-order chi connectivity index (χ0) is 15.1. The van der Waals surface area contributed by atoms with Gasteiger partial charge in [-0.05, 0) is 19.1 Å². The van der Waals surface area contributed by atoms with Crippen LogP contribution in [0.4, 0.5) is 0 Å². The highest BCUT2D eigenvalue weighted by Crippen LogP contribution is 2.37. The average molecular weight is 326 g/mol. The number of hydrogen-bond acceptors (Lipinski definition) is 3. The quantitative estimate of drug-likeness (QED) is 0.923. The van der Waals surface area contributed by atoms with Crippen LogP contribution in [0, 0.1) is 6.92 Å². The highest BCUT2D eigenvalue weighted by Gasteiger charge is 2.29. The van der Waals surface area contributed by atoms with Crippen molar-refractivity contribution in [1.82, 2.24) is 15.1 Å². The van der Waals surface area contributed by atoms with Crippen LogP contribution in [0.25, 0.3) is 0 Å². The lowest BCUT2D eigenvalue weighted by atomic mass is 10.1. The predicted octanol–water partition coefficient (Wildman–Crippen LogP) is 2.90. The molecule has 1 atom stereocenters. The summed E-state index contributed by atoms with van der Waals surface area (Å²) in [6.07, 6.45) is 0. The number of nitrogens with zero attached hydrogens (tertiary/aromatic N) is 2. The Balaban J connectivity index is 1.86. The Morgan fingerprint density at radius 3 is 2.90 bits per heavy atom. The largest absolute Gasteiger partial charge is 0.491 e. The van der Waals surface area contributed by atoms with Gasteiger partial charge in [-0.1, -0.05) is 29.3 Å². The van der Waals surface area contributed by atoms with Gasteiger partial charge in [-0.15, -0.1) is 0 Å². The third kappa shape index (κ3) is 2.36. The first-order valence-electron chi connectivity index (χ1n) is 6.40. The Morgan fingerprint density at radius 1 is 1.48 bits per heavy atom. The summed E-state index contributed by atoms with van der Waals surface area (Å²) >= 11 is 12.3. The Labute approximate surface area is 131 Å². The van der Waals surface area contributed by atoms with Gasteiger partial charge in [0.25, 0.3) is 5.91 Å². The summed E-state index contributed by atoms with van der Waals surface area (Å²) < 4.78 is 7.10. The molecule has 1 aromatic carbocycles. The second-order valence-corrected chi connectivity index (χ2v) is 5.65. The predicted molar refractivity (Wildman–Crippen MR) is 80.1 cm³/mol. The Bertz CT molecular complexity index is 727. The summed E-state index contributed by atoms with van der Waals surface area (Å²) in [6, 6.07) is 5.10. The minimum absolute atomic E-state index is 0.206. The van der Waals surface area contributed by atoms with Crippen LogP contribution in [-0.2, 0) is 7.05 Å². The van der Waals surface area contributed by atoms with E-state index in [4.69, 9.17) is 27.9 Å². The molecule has 110 valence electrons. The van der Waals surface area contributed by atoms with Gasteiger partial charge in [0.1, 0.15) is 12.4 Å². The molecule has 1 aromatic heterocycles. The molecule has 7 heteroatoms. The van der Waals surface area contributed by atoms with E-state index in [0.29, 0.717) is 22.4 Å². The van der Waals surface area contributed by atoms with Crippen LogP contribution >= 0.6 is 23.2 Å². The van der Waals surface area contributed by atoms with Gasteiger partial charge in [0.2, 0.25) is 0 Å². The first kappa shape index (κ1) is 14.2. The van der Waals surface area contributed by atoms with Crippen molar-refractivity contribution in [3.63, 3.8) is 0 Å². The third-order valence-electron chi connectivity index (χ3n) is 3.55. The van der Waals surface area contributed by atoms with E-state index < -0.39 is 0 Å². The Hall–Kier alpha value is -1.72. The van der Waals surface area contributed by atoms with Gasteiger partial charge in [0.05, 0.1) is 16.8 Å². The molecule has 1 amide bonds. The minimum Gasteiger partial charge on any atom is -0.491 e. The number of halogens is 2. The van der Waals surface area contributed by atoms with Gasteiger partial charge in [0.15, 0.2) is 5.69 Å². The molecule has 0 bridgehead atoms. The van der Waals surface area contributed by atoms with Crippen molar-refractivity contribution in [2.75, 3.05) is 6.61 Å². The van der Waals surface area contributed by atoms with Crippen LogP contribution in [-0.4, -0.2) is 22.3 Å².